The first-order chi connectivity index (χ1) is 5.79. The van der Waals surface area contributed by atoms with Crippen molar-refractivity contribution in [2.45, 2.75) is 6.92 Å². The number of hydrogen-bond donors (Lipinski definition) is 1. The molecule has 0 aliphatic carbocycles. The van der Waals surface area contributed by atoms with E-state index in [0.29, 0.717) is 0 Å². The molecule has 2 aromatic rings. The van der Waals surface area contributed by atoms with Crippen LogP contribution in [-0.4, -0.2) is 23.1 Å². The van der Waals surface area contributed by atoms with Crippen LogP contribution in [0, 0.1) is 0 Å². The van der Waals surface area contributed by atoms with E-state index in [1.54, 1.807) is 0 Å². The molecule has 0 bridgehead atoms. The monoisotopic (exact) mass is 155 g/mol. The summed E-state index contributed by atoms with van der Waals surface area (Å²) in [5, 5.41) is 8.11. The zero-order chi connectivity index (χ0) is 8.55. The van der Waals surface area contributed by atoms with Gasteiger partial charge in [-0.1, -0.05) is 0 Å². The molecule has 0 fully saturated rings. The molecule has 1 heterocycles. The Hall–Kier alpha value is -1.38. The van der Waals surface area contributed by atoms with Gasteiger partial charge in [0.1, 0.15) is 0 Å². The van der Waals surface area contributed by atoms with E-state index in [9.17, 15) is 0 Å². The van der Waals surface area contributed by atoms with E-state index in [2.05, 4.69) is 10.2 Å². The van der Waals surface area contributed by atoms with Gasteiger partial charge in [-0.25, -0.2) is 0 Å². The molecular formula is C9H8BN2. The van der Waals surface area contributed by atoms with Crippen molar-refractivity contribution in [1.29, 1.82) is 0 Å². The van der Waals surface area contributed by atoms with Crippen LogP contribution in [0.5, 0.6) is 0 Å². The van der Waals surface area contributed by atoms with Gasteiger partial charge in [-0.2, -0.15) is 0 Å². The van der Waals surface area contributed by atoms with E-state index in [0.717, 1.165) is 22.1 Å². The predicted octanol–water partition coefficient (Wildman–Crippen LogP) is 1.27. The van der Waals surface area contributed by atoms with Crippen LogP contribution in [0.15, 0.2) is 24.3 Å². The summed E-state index contributed by atoms with van der Waals surface area (Å²) in [6.07, 6.45) is 0. The minimum atomic E-state index is 0.743. The third-order valence-corrected chi connectivity index (χ3v) is 1.84. The number of para-hydroxylation sites is 1. The maximum absolute atomic E-state index is 5.66. The molecule has 1 N–H and O–H groups in total. The molecule has 2 rings (SSSR count). The third-order valence-electron chi connectivity index (χ3n) is 1.84. The van der Waals surface area contributed by atoms with Crippen LogP contribution in [0.25, 0.3) is 10.9 Å². The fourth-order valence-electron chi connectivity index (χ4n) is 1.26. The number of fused-ring (bicyclic) bond motifs is 1. The van der Waals surface area contributed by atoms with E-state index in [-0.39, 0.29) is 0 Å². The first-order valence-corrected chi connectivity index (χ1v) is 3.81. The number of aromatic amines is 1. The van der Waals surface area contributed by atoms with Crippen molar-refractivity contribution in [2.75, 3.05) is 0 Å². The molecule has 2 nitrogen and oxygen atoms in total. The number of rotatable bonds is 1. The minimum absolute atomic E-state index is 0.743. The molecule has 1 aromatic carbocycles. The van der Waals surface area contributed by atoms with Crippen molar-refractivity contribution in [3.05, 3.63) is 30.0 Å². The summed E-state index contributed by atoms with van der Waals surface area (Å²) >= 11 is 0. The topological polar surface area (TPSA) is 28.7 Å². The third kappa shape index (κ3) is 0.980. The Bertz CT molecular complexity index is 431. The molecule has 1 aromatic heterocycles. The summed E-state index contributed by atoms with van der Waals surface area (Å²) in [5.41, 5.74) is 2.62. The predicted molar refractivity (Wildman–Crippen MR) is 51.6 cm³/mol. The number of hydrogen-bond acceptors (Lipinski definition) is 1. The van der Waals surface area contributed by atoms with Gasteiger partial charge in [0, 0.05) is 0 Å². The van der Waals surface area contributed by atoms with Gasteiger partial charge < -0.3 is 0 Å². The van der Waals surface area contributed by atoms with Gasteiger partial charge in [-0.3, -0.25) is 0 Å². The molecule has 0 saturated carbocycles. The van der Waals surface area contributed by atoms with Crippen LogP contribution in [0.1, 0.15) is 12.6 Å². The Morgan fingerprint density at radius 1 is 1.42 bits per heavy atom. The molecule has 0 unspecified atom stereocenters. The van der Waals surface area contributed by atoms with Crippen molar-refractivity contribution in [2.24, 2.45) is 0 Å². The quantitative estimate of drug-likeness (QED) is 0.617. The van der Waals surface area contributed by atoms with Crippen LogP contribution in [0.3, 0.4) is 0 Å². The second kappa shape index (κ2) is 2.59. The molecule has 0 aliphatic heterocycles. The van der Waals surface area contributed by atoms with Crippen LogP contribution >= 0.6 is 0 Å². The van der Waals surface area contributed by atoms with Crippen molar-refractivity contribution in [3.8, 4) is 0 Å². The van der Waals surface area contributed by atoms with Crippen molar-refractivity contribution < 1.29 is 0 Å². The molecule has 0 amide bonds. The van der Waals surface area contributed by atoms with Gasteiger partial charge in [-0.05, 0) is 0 Å². The van der Waals surface area contributed by atoms with E-state index in [1.165, 1.54) is 0 Å². The molecule has 0 atom stereocenters. The summed E-state index contributed by atoms with van der Waals surface area (Å²) in [6.45, 7) is 1.85. The number of aromatic nitrogens is 2. The van der Waals surface area contributed by atoms with E-state index in [4.69, 9.17) is 7.49 Å². The SMILES string of the molecule is [B]=C(C)c1n[nH]c2ccccc12. The zero-order valence-electron chi connectivity index (χ0n) is 6.83. The van der Waals surface area contributed by atoms with Gasteiger partial charge in [-0.15, -0.1) is 0 Å². The molecule has 0 spiro atoms. The second-order valence-corrected chi connectivity index (χ2v) is 2.80. The number of benzene rings is 1. The number of nitrogens with zero attached hydrogens (tertiary/aromatic N) is 1. The summed E-state index contributed by atoms with van der Waals surface area (Å²) in [4.78, 5) is 0. The molecule has 0 saturated heterocycles. The average molecular weight is 155 g/mol. The summed E-state index contributed by atoms with van der Waals surface area (Å²) < 4.78 is 0. The van der Waals surface area contributed by atoms with Crippen LogP contribution in [0.4, 0.5) is 0 Å². The van der Waals surface area contributed by atoms with Crippen molar-refractivity contribution >= 4 is 23.9 Å². The van der Waals surface area contributed by atoms with Crippen LogP contribution in [-0.2, 0) is 0 Å². The average Bonchev–Trinajstić information content (AvgIpc) is 2.47. The maximum atomic E-state index is 5.66. The second-order valence-electron chi connectivity index (χ2n) is 2.80. The standard InChI is InChI=1S/C9H8BN2/c1-6(10)9-7-4-2-3-5-8(7)11-12-9/h2-5H,1H3,(H,11,12). The Kier molecular flexibility index (Phi) is 1.57. The molecule has 1 radical (unpaired) electrons. The molecular weight excluding hydrogens is 147 g/mol. The number of H-pyrrole nitrogens is 1. The summed E-state index contributed by atoms with van der Waals surface area (Å²) in [7, 11) is 5.66. The molecule has 0 aliphatic rings. The van der Waals surface area contributed by atoms with Gasteiger partial charge in [0.15, 0.2) is 0 Å². The molecule has 12 heavy (non-hydrogen) atoms. The Morgan fingerprint density at radius 3 is 2.92 bits per heavy atom. The van der Waals surface area contributed by atoms with Crippen LogP contribution < -0.4 is 0 Å². The van der Waals surface area contributed by atoms with Gasteiger partial charge in [0.25, 0.3) is 0 Å². The normalized spacial score (nSPS) is 10.3. The summed E-state index contributed by atoms with van der Waals surface area (Å²) in [6, 6.07) is 7.93. The number of nitrogens with one attached hydrogen (secondary N) is 1. The van der Waals surface area contributed by atoms with Crippen LogP contribution in [0.2, 0.25) is 0 Å². The van der Waals surface area contributed by atoms with E-state index in [1.807, 2.05) is 31.2 Å². The Morgan fingerprint density at radius 2 is 2.17 bits per heavy atom. The van der Waals surface area contributed by atoms with Crippen molar-refractivity contribution in [3.63, 3.8) is 0 Å². The zero-order valence-corrected chi connectivity index (χ0v) is 6.83. The summed E-state index contributed by atoms with van der Waals surface area (Å²) in [5.74, 6) is 0. The fourth-order valence-corrected chi connectivity index (χ4v) is 1.26. The van der Waals surface area contributed by atoms with Gasteiger partial charge >= 0.3 is 70.9 Å². The molecule has 57 valence electrons. The Labute approximate surface area is 71.7 Å². The first kappa shape index (κ1) is 7.28. The Balaban J connectivity index is 2.79. The van der Waals surface area contributed by atoms with Gasteiger partial charge in [0.05, 0.1) is 0 Å². The van der Waals surface area contributed by atoms with E-state index >= 15 is 0 Å². The van der Waals surface area contributed by atoms with Crippen molar-refractivity contribution in [1.82, 2.24) is 10.2 Å². The van der Waals surface area contributed by atoms with Gasteiger partial charge in [0.2, 0.25) is 0 Å². The first-order valence-electron chi connectivity index (χ1n) is 3.81. The fraction of sp³-hybridized carbons (Fsp3) is 0.111. The van der Waals surface area contributed by atoms with E-state index < -0.39 is 0 Å². The molecule has 3 heteroatoms.